The van der Waals surface area contributed by atoms with Crippen molar-refractivity contribution in [2.24, 2.45) is 5.92 Å². The van der Waals surface area contributed by atoms with Crippen LogP contribution in [0, 0.1) is 5.92 Å². The number of rotatable bonds is 5. The van der Waals surface area contributed by atoms with Crippen LogP contribution in [0.3, 0.4) is 0 Å². The number of benzene rings is 1. The van der Waals surface area contributed by atoms with Crippen LogP contribution in [0.5, 0.6) is 5.75 Å². The molecular formula is C22H22F3N3O3S. The smallest absolute Gasteiger partial charge is 0.433 e. The largest absolute Gasteiger partial charge is 0.494 e. The zero-order chi connectivity index (χ0) is 22.9. The van der Waals surface area contributed by atoms with Crippen LogP contribution in [-0.4, -0.2) is 34.7 Å². The second-order valence-corrected chi connectivity index (χ2v) is 8.89. The monoisotopic (exact) mass is 465 g/mol. The van der Waals surface area contributed by atoms with Crippen molar-refractivity contribution in [1.82, 2.24) is 9.97 Å². The van der Waals surface area contributed by atoms with Crippen LogP contribution >= 0.6 is 11.3 Å². The first-order valence-electron chi connectivity index (χ1n) is 10.2. The minimum absolute atomic E-state index is 0.216. The third-order valence-electron chi connectivity index (χ3n) is 5.70. The van der Waals surface area contributed by atoms with E-state index in [0.717, 1.165) is 53.0 Å². The highest BCUT2D eigenvalue weighted by molar-refractivity contribution is 7.18. The van der Waals surface area contributed by atoms with Gasteiger partial charge in [0, 0.05) is 18.6 Å². The lowest BCUT2D eigenvalue weighted by Gasteiger charge is -2.25. The summed E-state index contributed by atoms with van der Waals surface area (Å²) < 4.78 is 45.0. The molecule has 0 saturated heterocycles. The Labute approximate surface area is 186 Å². The number of carbonyl (C=O) groups is 1. The molecule has 1 aliphatic carbocycles. The lowest BCUT2D eigenvalue weighted by molar-refractivity contribution is -0.141. The normalized spacial score (nSPS) is 19.2. The topological polar surface area (TPSA) is 84.3 Å². The van der Waals surface area contributed by atoms with Crippen LogP contribution in [-0.2, 0) is 6.18 Å². The number of aliphatic hydroxyl groups is 1. The molecule has 32 heavy (non-hydrogen) atoms. The molecule has 0 atom stereocenters. The molecule has 1 aromatic carbocycles. The molecule has 10 heteroatoms. The number of nitrogens with one attached hydrogen (secondary N) is 1. The van der Waals surface area contributed by atoms with Crippen molar-refractivity contribution < 1.29 is 27.8 Å². The molecule has 0 bridgehead atoms. The van der Waals surface area contributed by atoms with E-state index < -0.39 is 17.8 Å². The van der Waals surface area contributed by atoms with E-state index in [0.29, 0.717) is 23.3 Å². The maximum absolute atomic E-state index is 12.9. The van der Waals surface area contributed by atoms with Gasteiger partial charge in [-0.15, -0.1) is 11.3 Å². The number of carbonyl (C=O) groups excluding carboxylic acids is 1. The fourth-order valence-corrected chi connectivity index (χ4v) is 5.07. The number of alkyl halides is 3. The second kappa shape index (κ2) is 9.03. The number of amides is 1. The molecule has 3 aromatic rings. The predicted octanol–water partition coefficient (Wildman–Crippen LogP) is 5.24. The summed E-state index contributed by atoms with van der Waals surface area (Å²) >= 11 is 1.53. The van der Waals surface area contributed by atoms with Crippen molar-refractivity contribution in [3.63, 3.8) is 0 Å². The number of hydrogen-bond acceptors (Lipinski definition) is 6. The van der Waals surface area contributed by atoms with Gasteiger partial charge in [0.15, 0.2) is 0 Å². The van der Waals surface area contributed by atoms with E-state index in [1.54, 1.807) is 12.1 Å². The quantitative estimate of drug-likeness (QED) is 0.539. The zero-order valence-corrected chi connectivity index (χ0v) is 18.1. The second-order valence-electron chi connectivity index (χ2n) is 7.83. The van der Waals surface area contributed by atoms with Gasteiger partial charge in [-0.2, -0.15) is 13.2 Å². The Bertz CT molecular complexity index is 1120. The van der Waals surface area contributed by atoms with E-state index in [9.17, 15) is 23.1 Å². The van der Waals surface area contributed by atoms with Crippen LogP contribution < -0.4 is 10.1 Å². The first-order chi connectivity index (χ1) is 15.3. The van der Waals surface area contributed by atoms with Gasteiger partial charge in [0.25, 0.3) is 5.91 Å². The average molecular weight is 465 g/mol. The molecule has 0 aliphatic heterocycles. The van der Waals surface area contributed by atoms with E-state index in [-0.39, 0.29) is 12.3 Å². The van der Waals surface area contributed by atoms with Gasteiger partial charge in [-0.3, -0.25) is 4.79 Å². The number of methoxy groups -OCH3 is 1. The highest BCUT2D eigenvalue weighted by atomic mass is 32.1. The molecule has 4 rings (SSSR count). The Kier molecular flexibility index (Phi) is 6.34. The summed E-state index contributed by atoms with van der Waals surface area (Å²) in [4.78, 5) is 20.7. The molecule has 1 amide bonds. The molecule has 2 heterocycles. The number of pyridine rings is 1. The molecule has 1 aliphatic rings. The summed E-state index contributed by atoms with van der Waals surface area (Å²) in [6.45, 7) is 0.216. The third kappa shape index (κ3) is 4.71. The van der Waals surface area contributed by atoms with Crippen molar-refractivity contribution in [2.45, 2.75) is 37.8 Å². The lowest BCUT2D eigenvalue weighted by atomic mass is 9.83. The highest BCUT2D eigenvalue weighted by Crippen LogP contribution is 2.41. The molecular weight excluding hydrogens is 443 g/mol. The van der Waals surface area contributed by atoms with Crippen LogP contribution in [0.2, 0.25) is 0 Å². The Morgan fingerprint density at radius 3 is 2.62 bits per heavy atom. The molecule has 2 aromatic heterocycles. The summed E-state index contributed by atoms with van der Waals surface area (Å²) in [5.41, 5.74) is -0.395. The number of fused-ring (bicyclic) bond motifs is 1. The van der Waals surface area contributed by atoms with Crippen LogP contribution in [0.15, 0.2) is 30.3 Å². The average Bonchev–Trinajstić information content (AvgIpc) is 3.21. The van der Waals surface area contributed by atoms with Crippen LogP contribution in [0.25, 0.3) is 10.2 Å². The molecule has 170 valence electrons. The molecule has 0 unspecified atom stereocenters. The van der Waals surface area contributed by atoms with E-state index in [2.05, 4.69) is 10.3 Å². The van der Waals surface area contributed by atoms with Gasteiger partial charge in [-0.1, -0.05) is 6.07 Å². The van der Waals surface area contributed by atoms with Gasteiger partial charge in [-0.25, -0.2) is 9.97 Å². The molecule has 2 N–H and O–H groups in total. The number of aromatic nitrogens is 2. The first-order valence-corrected chi connectivity index (χ1v) is 11.0. The number of anilines is 1. The SMILES string of the molecule is COc1cc2nc(C3CCC(CO)CC3)sc2cc1NC(=O)c1cccc(C(F)(F)F)n1. The third-order valence-corrected chi connectivity index (χ3v) is 6.88. The van der Waals surface area contributed by atoms with Crippen LogP contribution in [0.1, 0.15) is 52.8 Å². The summed E-state index contributed by atoms with van der Waals surface area (Å²) in [5.74, 6) is 0.278. The molecule has 1 fully saturated rings. The summed E-state index contributed by atoms with van der Waals surface area (Å²) in [6, 6.07) is 6.62. The highest BCUT2D eigenvalue weighted by Gasteiger charge is 2.33. The molecule has 6 nitrogen and oxygen atoms in total. The van der Waals surface area contributed by atoms with E-state index in [1.165, 1.54) is 24.5 Å². The van der Waals surface area contributed by atoms with E-state index in [4.69, 9.17) is 9.72 Å². The molecule has 0 radical (unpaired) electrons. The summed E-state index contributed by atoms with van der Waals surface area (Å²) in [6.07, 6.45) is -0.778. The van der Waals surface area contributed by atoms with Crippen LogP contribution in [0.4, 0.5) is 18.9 Å². The van der Waals surface area contributed by atoms with Gasteiger partial charge >= 0.3 is 6.18 Å². The first kappa shape index (κ1) is 22.5. The van der Waals surface area contributed by atoms with Gasteiger partial charge in [-0.05, 0) is 49.8 Å². The van der Waals surface area contributed by atoms with Gasteiger partial charge in [0.1, 0.15) is 17.1 Å². The minimum Gasteiger partial charge on any atom is -0.494 e. The Hall–Kier alpha value is -2.72. The van der Waals surface area contributed by atoms with Gasteiger partial charge in [0.05, 0.1) is 28.0 Å². The van der Waals surface area contributed by atoms with Crippen molar-refractivity contribution in [3.05, 3.63) is 46.7 Å². The standard InChI is InChI=1S/C22H22F3N3O3S/c1-31-17-9-16-18(32-21(28-16)13-7-5-12(11-29)6-8-13)10-15(17)27-20(30)14-3-2-4-19(26-14)22(23,24)25/h2-4,9-10,12-13,29H,5-8,11H2,1H3,(H,27,30). The Morgan fingerprint density at radius 2 is 1.97 bits per heavy atom. The lowest BCUT2D eigenvalue weighted by Crippen LogP contribution is -2.17. The van der Waals surface area contributed by atoms with E-state index in [1.807, 2.05) is 0 Å². The number of ether oxygens (including phenoxy) is 1. The summed E-state index contributed by atoms with van der Waals surface area (Å²) in [7, 11) is 1.45. The number of halogens is 3. The van der Waals surface area contributed by atoms with Crippen molar-refractivity contribution in [3.8, 4) is 5.75 Å². The maximum atomic E-state index is 12.9. The van der Waals surface area contributed by atoms with Gasteiger partial charge in [0.2, 0.25) is 0 Å². The Morgan fingerprint density at radius 1 is 1.22 bits per heavy atom. The van der Waals surface area contributed by atoms with Gasteiger partial charge < -0.3 is 15.2 Å². The molecule has 0 spiro atoms. The fraction of sp³-hybridized carbons (Fsp3) is 0.409. The maximum Gasteiger partial charge on any atom is 0.433 e. The minimum atomic E-state index is -4.64. The number of hydrogen-bond donors (Lipinski definition) is 2. The predicted molar refractivity (Wildman–Crippen MR) is 115 cm³/mol. The van der Waals surface area contributed by atoms with Crippen molar-refractivity contribution in [1.29, 1.82) is 0 Å². The zero-order valence-electron chi connectivity index (χ0n) is 17.3. The fourth-order valence-electron chi connectivity index (χ4n) is 3.91. The Balaban J connectivity index is 1.58. The number of nitrogens with zero attached hydrogens (tertiary/aromatic N) is 2. The number of aliphatic hydroxyl groups excluding tert-OH is 1. The molecule has 1 saturated carbocycles. The van der Waals surface area contributed by atoms with Crippen molar-refractivity contribution >= 4 is 33.1 Å². The van der Waals surface area contributed by atoms with E-state index >= 15 is 0 Å². The summed E-state index contributed by atoms with van der Waals surface area (Å²) in [5, 5.41) is 12.9. The van der Waals surface area contributed by atoms with Crippen molar-refractivity contribution in [2.75, 3.05) is 19.0 Å². The number of thiazole rings is 1.